The molecule has 1 aromatic carbocycles. The van der Waals surface area contributed by atoms with E-state index in [9.17, 15) is 13.2 Å². The van der Waals surface area contributed by atoms with Crippen LogP contribution in [0.15, 0.2) is 35.7 Å². The first kappa shape index (κ1) is 17.8. The Bertz CT molecular complexity index is 921. The number of nitrogens with zero attached hydrogens (tertiary/aromatic N) is 2. The van der Waals surface area contributed by atoms with Gasteiger partial charge in [0, 0.05) is 30.8 Å². The van der Waals surface area contributed by atoms with Crippen molar-refractivity contribution < 1.29 is 22.7 Å². The number of benzene rings is 1. The second kappa shape index (κ2) is 7.20. The van der Waals surface area contributed by atoms with Crippen molar-refractivity contribution in [1.82, 2.24) is 14.3 Å². The number of aromatic nitrogens is 2. The van der Waals surface area contributed by atoms with Crippen molar-refractivity contribution in [2.75, 3.05) is 31.6 Å². The van der Waals surface area contributed by atoms with E-state index in [4.69, 9.17) is 9.47 Å². The van der Waals surface area contributed by atoms with Crippen LogP contribution in [0.4, 0.5) is 5.69 Å². The molecule has 1 amide bonds. The van der Waals surface area contributed by atoms with E-state index in [0.717, 1.165) is 0 Å². The number of fused-ring (bicyclic) bond motifs is 1. The predicted octanol–water partition coefficient (Wildman–Crippen LogP) is 1.22. The Balaban J connectivity index is 1.36. The molecule has 2 N–H and O–H groups in total. The smallest absolute Gasteiger partial charge is 0.260 e. The number of hydrogen-bond donors (Lipinski definition) is 2. The fourth-order valence-electron chi connectivity index (χ4n) is 3.25. The lowest BCUT2D eigenvalue weighted by Crippen LogP contribution is -2.41. The largest absolute Gasteiger partial charge is 0.486 e. The number of nitrogens with one attached hydrogen (secondary N) is 2. The Hall–Kier alpha value is -2.59. The van der Waals surface area contributed by atoms with Gasteiger partial charge in [-0.15, -0.1) is 0 Å². The van der Waals surface area contributed by atoms with Crippen LogP contribution >= 0.6 is 0 Å². The van der Waals surface area contributed by atoms with Crippen molar-refractivity contribution in [3.05, 3.63) is 30.7 Å². The number of rotatable bonds is 4. The van der Waals surface area contributed by atoms with Gasteiger partial charge in [-0.1, -0.05) is 0 Å². The molecular formula is C17H20N4O5S. The van der Waals surface area contributed by atoms with Crippen molar-refractivity contribution in [3.63, 3.8) is 0 Å². The van der Waals surface area contributed by atoms with Gasteiger partial charge in [0.15, 0.2) is 16.5 Å². The quantitative estimate of drug-likeness (QED) is 0.809. The number of amides is 1. The number of sulfonamides is 1. The number of anilines is 1. The van der Waals surface area contributed by atoms with E-state index < -0.39 is 10.0 Å². The molecule has 1 fully saturated rings. The SMILES string of the molecule is O=C(Nc1ccc2c(c1)OCCO2)C1CCN(S(=O)(=O)c2cnc[nH]2)CC1. The molecule has 2 aromatic rings. The average molecular weight is 392 g/mol. The highest BCUT2D eigenvalue weighted by Crippen LogP contribution is 2.33. The minimum absolute atomic E-state index is 0.0710. The maximum Gasteiger partial charge on any atom is 0.260 e. The van der Waals surface area contributed by atoms with E-state index in [2.05, 4.69) is 15.3 Å². The van der Waals surface area contributed by atoms with Crippen molar-refractivity contribution in [2.45, 2.75) is 17.9 Å². The number of carbonyl (C=O) groups is 1. The summed E-state index contributed by atoms with van der Waals surface area (Å²) in [5, 5.41) is 2.96. The molecule has 3 heterocycles. The van der Waals surface area contributed by atoms with E-state index in [0.29, 0.717) is 56.3 Å². The first-order valence-electron chi connectivity index (χ1n) is 8.73. The molecular weight excluding hydrogens is 372 g/mol. The standard InChI is InChI=1S/C17H20N4O5S/c22-17(20-13-1-2-14-15(9-13)26-8-7-25-14)12-3-5-21(6-4-12)27(23,24)16-10-18-11-19-16/h1-2,9-12H,3-8H2,(H,18,19)(H,20,22). The minimum atomic E-state index is -3.58. The van der Waals surface area contributed by atoms with Gasteiger partial charge in [0.25, 0.3) is 10.0 Å². The third kappa shape index (κ3) is 3.62. The molecule has 0 aliphatic carbocycles. The van der Waals surface area contributed by atoms with Crippen LogP contribution in [0.1, 0.15) is 12.8 Å². The van der Waals surface area contributed by atoms with Crippen LogP contribution in [0.3, 0.4) is 0 Å². The lowest BCUT2D eigenvalue weighted by atomic mass is 9.97. The number of ether oxygens (including phenoxy) is 2. The molecule has 0 radical (unpaired) electrons. The van der Waals surface area contributed by atoms with E-state index in [1.165, 1.54) is 16.8 Å². The molecule has 10 heteroatoms. The molecule has 27 heavy (non-hydrogen) atoms. The molecule has 2 aliphatic rings. The molecule has 0 atom stereocenters. The minimum Gasteiger partial charge on any atom is -0.486 e. The molecule has 0 saturated carbocycles. The average Bonchev–Trinajstić information content (AvgIpc) is 3.24. The van der Waals surface area contributed by atoms with Crippen LogP contribution in [0.2, 0.25) is 0 Å². The highest BCUT2D eigenvalue weighted by molar-refractivity contribution is 7.89. The van der Waals surface area contributed by atoms with Crippen LogP contribution in [-0.4, -0.2) is 54.9 Å². The van der Waals surface area contributed by atoms with Gasteiger partial charge in [-0.3, -0.25) is 4.79 Å². The zero-order valence-corrected chi connectivity index (χ0v) is 15.4. The number of imidazole rings is 1. The van der Waals surface area contributed by atoms with Crippen LogP contribution in [-0.2, 0) is 14.8 Å². The second-order valence-corrected chi connectivity index (χ2v) is 8.35. The first-order valence-corrected chi connectivity index (χ1v) is 10.2. The van der Waals surface area contributed by atoms with E-state index in [-0.39, 0.29) is 16.9 Å². The molecule has 1 aromatic heterocycles. The van der Waals surface area contributed by atoms with Crippen molar-refractivity contribution in [3.8, 4) is 11.5 Å². The summed E-state index contributed by atoms with van der Waals surface area (Å²) < 4.78 is 37.3. The fraction of sp³-hybridized carbons (Fsp3) is 0.412. The predicted molar refractivity (Wildman–Crippen MR) is 96.1 cm³/mol. The zero-order valence-electron chi connectivity index (χ0n) is 14.6. The monoisotopic (exact) mass is 392 g/mol. The highest BCUT2D eigenvalue weighted by Gasteiger charge is 2.32. The van der Waals surface area contributed by atoms with Crippen LogP contribution in [0, 0.1) is 5.92 Å². The van der Waals surface area contributed by atoms with Crippen LogP contribution in [0.5, 0.6) is 11.5 Å². The topological polar surface area (TPSA) is 114 Å². The van der Waals surface area contributed by atoms with Gasteiger partial charge >= 0.3 is 0 Å². The van der Waals surface area contributed by atoms with E-state index in [1.807, 2.05) is 0 Å². The van der Waals surface area contributed by atoms with Crippen molar-refractivity contribution in [1.29, 1.82) is 0 Å². The van der Waals surface area contributed by atoms with E-state index in [1.54, 1.807) is 18.2 Å². The Morgan fingerprint density at radius 3 is 2.63 bits per heavy atom. The molecule has 9 nitrogen and oxygen atoms in total. The van der Waals surface area contributed by atoms with Crippen LogP contribution < -0.4 is 14.8 Å². The van der Waals surface area contributed by atoms with Gasteiger partial charge in [0.2, 0.25) is 5.91 Å². The Labute approximate surface area is 156 Å². The van der Waals surface area contributed by atoms with Gasteiger partial charge in [-0.05, 0) is 25.0 Å². The summed E-state index contributed by atoms with van der Waals surface area (Å²) in [5.41, 5.74) is 0.636. The molecule has 1 saturated heterocycles. The third-order valence-electron chi connectivity index (χ3n) is 4.73. The fourth-order valence-corrected chi connectivity index (χ4v) is 4.61. The maximum atomic E-state index is 12.6. The van der Waals surface area contributed by atoms with Crippen molar-refractivity contribution in [2.24, 2.45) is 5.92 Å². The number of H-pyrrole nitrogens is 1. The molecule has 0 bridgehead atoms. The van der Waals surface area contributed by atoms with E-state index >= 15 is 0 Å². The number of piperidine rings is 1. The van der Waals surface area contributed by atoms with Gasteiger partial charge in [0.05, 0.1) is 12.5 Å². The normalized spacial score (nSPS) is 18.2. The maximum absolute atomic E-state index is 12.6. The van der Waals surface area contributed by atoms with Crippen molar-refractivity contribution >= 4 is 21.6 Å². The number of aromatic amines is 1. The molecule has 144 valence electrons. The molecule has 0 unspecified atom stereocenters. The Morgan fingerprint density at radius 1 is 1.19 bits per heavy atom. The third-order valence-corrected chi connectivity index (χ3v) is 6.55. The summed E-state index contributed by atoms with van der Waals surface area (Å²) in [5.74, 6) is 0.910. The van der Waals surface area contributed by atoms with Gasteiger partial charge in [0.1, 0.15) is 13.2 Å². The summed E-state index contributed by atoms with van der Waals surface area (Å²) in [6.45, 7) is 1.58. The van der Waals surface area contributed by atoms with Crippen LogP contribution in [0.25, 0.3) is 0 Å². The zero-order chi connectivity index (χ0) is 18.9. The second-order valence-electron chi connectivity index (χ2n) is 6.44. The summed E-state index contributed by atoms with van der Waals surface area (Å²) in [4.78, 5) is 18.9. The molecule has 0 spiro atoms. The number of hydrogen-bond acceptors (Lipinski definition) is 6. The first-order chi connectivity index (χ1) is 13.0. The van der Waals surface area contributed by atoms with Gasteiger partial charge in [-0.2, -0.15) is 4.31 Å². The van der Waals surface area contributed by atoms with Gasteiger partial charge < -0.3 is 19.8 Å². The lowest BCUT2D eigenvalue weighted by Gasteiger charge is -2.30. The van der Waals surface area contributed by atoms with Gasteiger partial charge in [-0.25, -0.2) is 13.4 Å². The highest BCUT2D eigenvalue weighted by atomic mass is 32.2. The summed E-state index contributed by atoms with van der Waals surface area (Å²) in [6, 6.07) is 5.27. The Morgan fingerprint density at radius 2 is 1.93 bits per heavy atom. The summed E-state index contributed by atoms with van der Waals surface area (Å²) >= 11 is 0. The molecule has 4 rings (SSSR count). The Kier molecular flexibility index (Phi) is 4.75. The lowest BCUT2D eigenvalue weighted by molar-refractivity contribution is -0.120. The number of carbonyl (C=O) groups excluding carboxylic acids is 1. The summed E-state index contributed by atoms with van der Waals surface area (Å²) in [6.07, 6.45) is 3.55. The summed E-state index contributed by atoms with van der Waals surface area (Å²) in [7, 11) is -3.58. The molecule has 2 aliphatic heterocycles.